The second-order valence-corrected chi connectivity index (χ2v) is 9.12. The molecule has 0 spiro atoms. The molecule has 1 fully saturated rings. The number of carbonyl (C=O) groups excluding carboxylic acids is 1. The summed E-state index contributed by atoms with van der Waals surface area (Å²) in [5.74, 6) is 0.622. The van der Waals surface area contributed by atoms with E-state index in [0.29, 0.717) is 41.0 Å². The van der Waals surface area contributed by atoms with E-state index in [-0.39, 0.29) is 57.4 Å². The first kappa shape index (κ1) is 29.8. The number of nitrogens with zero attached hydrogens (tertiary/aromatic N) is 2. The van der Waals surface area contributed by atoms with Crippen LogP contribution in [0.3, 0.4) is 0 Å². The van der Waals surface area contributed by atoms with E-state index in [0.717, 1.165) is 55.6 Å². The van der Waals surface area contributed by atoms with Gasteiger partial charge in [-0.3, -0.25) is 4.98 Å². The van der Waals surface area contributed by atoms with Gasteiger partial charge in [0.25, 0.3) is 0 Å². The summed E-state index contributed by atoms with van der Waals surface area (Å²) in [6, 6.07) is 9.46. The predicted octanol–water partition coefficient (Wildman–Crippen LogP) is 2.55. The third-order valence-electron chi connectivity index (χ3n) is 6.25. The molecule has 5 nitrogen and oxygen atoms in total. The number of aromatic nitrogens is 1. The number of rotatable bonds is 12. The van der Waals surface area contributed by atoms with Gasteiger partial charge in [-0.2, -0.15) is 18.0 Å². The normalized spacial score (nSPS) is 14.4. The summed E-state index contributed by atoms with van der Waals surface area (Å²) in [5.41, 5.74) is 5.00. The summed E-state index contributed by atoms with van der Waals surface area (Å²) in [6.07, 6.45) is 9.04. The fourth-order valence-corrected chi connectivity index (χ4v) is 4.15. The molecule has 0 aliphatic carbocycles. The average molecular weight is 497 g/mol. The molecule has 0 saturated carbocycles. The van der Waals surface area contributed by atoms with E-state index in [2.05, 4.69) is 41.8 Å². The number of benzene rings is 1. The van der Waals surface area contributed by atoms with Crippen molar-refractivity contribution in [1.29, 1.82) is 0 Å². The molecule has 180 valence electrons. The Bertz CT molecular complexity index is 1060. The number of aryl methyl sites for hydroxylation is 1. The van der Waals surface area contributed by atoms with Gasteiger partial charge in [-0.25, -0.2) is 10.9 Å². The van der Waals surface area contributed by atoms with Crippen LogP contribution < -0.4 is 56.7 Å². The van der Waals surface area contributed by atoms with Gasteiger partial charge in [0.2, 0.25) is 0 Å². The molecule has 1 aliphatic rings. The molecule has 0 bridgehead atoms. The average Bonchev–Trinajstić information content (AvgIpc) is 2.79. The smallest absolute Gasteiger partial charge is 0.485 e. The second kappa shape index (κ2) is 15.0. The topological polar surface area (TPSA) is 63.6 Å². The molecule has 1 aromatic carbocycles. The van der Waals surface area contributed by atoms with Gasteiger partial charge in [-0.1, -0.05) is 51.1 Å². The van der Waals surface area contributed by atoms with E-state index in [9.17, 15) is 4.79 Å². The van der Waals surface area contributed by atoms with Crippen LogP contribution in [0, 0.1) is 24.8 Å². The Morgan fingerprint density at radius 1 is 1.37 bits per heavy atom. The van der Waals surface area contributed by atoms with Crippen molar-refractivity contribution in [3.63, 3.8) is 0 Å². The Hall–Kier alpha value is -1.41. The second-order valence-electron chi connectivity index (χ2n) is 9.12. The monoisotopic (exact) mass is 496 g/mol. The van der Waals surface area contributed by atoms with Crippen LogP contribution in [0.1, 0.15) is 71.5 Å². The minimum absolute atomic E-state index is 0. The molecule has 1 saturated heterocycles. The molecule has 1 atom stereocenters. The molecule has 0 amide bonds. The van der Waals surface area contributed by atoms with Crippen LogP contribution in [0.2, 0.25) is 0 Å². The van der Waals surface area contributed by atoms with Gasteiger partial charge in [-0.15, -0.1) is 24.3 Å². The predicted molar refractivity (Wildman–Crippen MR) is 139 cm³/mol. The van der Waals surface area contributed by atoms with Gasteiger partial charge in [0.1, 0.15) is 0 Å². The van der Waals surface area contributed by atoms with Crippen molar-refractivity contribution in [2.75, 3.05) is 19.7 Å². The SMILES string of the molecule is [CH-]=NC(=[C-]c1cccc(C)n1)c1cc(C=C)c(CCC(C)CCC)c(C(=O)OCC2CNC2)c1.[K+]. The molecule has 2 aromatic rings. The number of ether oxygens (including phenoxy) is 1. The Kier molecular flexibility index (Phi) is 12.8. The maximum atomic E-state index is 13.2. The summed E-state index contributed by atoms with van der Waals surface area (Å²) in [5, 5.41) is 3.21. The molecule has 1 unspecified atom stereocenters. The summed E-state index contributed by atoms with van der Waals surface area (Å²) in [7, 11) is 0. The Balaban J connectivity index is 0.00000432. The van der Waals surface area contributed by atoms with Crippen LogP contribution >= 0.6 is 0 Å². The van der Waals surface area contributed by atoms with Crippen molar-refractivity contribution >= 4 is 24.5 Å². The van der Waals surface area contributed by atoms with Gasteiger partial charge in [0, 0.05) is 24.7 Å². The molecular formula is C29H35KN3O2-. The Morgan fingerprint density at radius 3 is 2.74 bits per heavy atom. The number of esters is 1. The number of nitrogens with one attached hydrogen (secondary N) is 1. The van der Waals surface area contributed by atoms with Gasteiger partial charge >= 0.3 is 57.4 Å². The van der Waals surface area contributed by atoms with Crippen LogP contribution in [0.5, 0.6) is 0 Å². The van der Waals surface area contributed by atoms with Gasteiger partial charge in [0.05, 0.1) is 12.2 Å². The molecule has 2 heterocycles. The maximum Gasteiger partial charge on any atom is 1.00 e. The third-order valence-corrected chi connectivity index (χ3v) is 6.25. The van der Waals surface area contributed by atoms with Crippen molar-refractivity contribution in [3.8, 4) is 0 Å². The number of hydrogen-bond donors (Lipinski definition) is 1. The summed E-state index contributed by atoms with van der Waals surface area (Å²) < 4.78 is 5.71. The van der Waals surface area contributed by atoms with Crippen molar-refractivity contribution in [2.24, 2.45) is 16.8 Å². The first-order chi connectivity index (χ1) is 16.4. The van der Waals surface area contributed by atoms with Crippen LogP contribution in [-0.4, -0.2) is 37.4 Å². The number of pyridine rings is 1. The number of carbonyl (C=O) groups is 1. The maximum absolute atomic E-state index is 13.2. The fourth-order valence-electron chi connectivity index (χ4n) is 4.15. The molecule has 0 radical (unpaired) electrons. The standard InChI is InChI=1S/C29H35N3O2.K/c1-6-9-20(3)12-13-26-23(7-2)14-24(15-27(26)29(33)34-19-22-17-31-18-22)28(30-5)16-25-11-8-10-21(4)32-25;/h5,7-8,10-11,14-15,20,22,31H,2,6,9,12-13,17-19H2,1,3-4H3;/q-2;+1. The number of hydrogen-bond acceptors (Lipinski definition) is 5. The largest absolute Gasteiger partial charge is 1.00 e. The minimum Gasteiger partial charge on any atom is -0.485 e. The molecular weight excluding hydrogens is 461 g/mol. The van der Waals surface area contributed by atoms with E-state index >= 15 is 0 Å². The van der Waals surface area contributed by atoms with Crippen LogP contribution in [0.25, 0.3) is 11.8 Å². The minimum atomic E-state index is -0.319. The van der Waals surface area contributed by atoms with Crippen molar-refractivity contribution in [2.45, 2.75) is 46.5 Å². The van der Waals surface area contributed by atoms with Gasteiger partial charge < -0.3 is 15.0 Å². The first-order valence-corrected chi connectivity index (χ1v) is 12.1. The van der Waals surface area contributed by atoms with Gasteiger partial charge in [0.15, 0.2) is 0 Å². The zero-order valence-electron chi connectivity index (χ0n) is 21.6. The zero-order chi connectivity index (χ0) is 24.5. The summed E-state index contributed by atoms with van der Waals surface area (Å²) in [4.78, 5) is 21.7. The third kappa shape index (κ3) is 8.59. The number of aliphatic imine (C=N–C) groups is 1. The van der Waals surface area contributed by atoms with Crippen LogP contribution in [0.15, 0.2) is 41.9 Å². The molecule has 1 aliphatic heterocycles. The van der Waals surface area contributed by atoms with E-state index in [4.69, 9.17) is 11.5 Å². The van der Waals surface area contributed by atoms with Crippen LogP contribution in [0.4, 0.5) is 0 Å². The molecule has 6 heteroatoms. The molecule has 3 rings (SSSR count). The van der Waals surface area contributed by atoms with E-state index in [1.54, 1.807) is 6.08 Å². The van der Waals surface area contributed by atoms with E-state index in [1.807, 2.05) is 37.3 Å². The van der Waals surface area contributed by atoms with E-state index < -0.39 is 0 Å². The first-order valence-electron chi connectivity index (χ1n) is 12.1. The van der Waals surface area contributed by atoms with Crippen molar-refractivity contribution in [3.05, 3.63) is 76.6 Å². The summed E-state index contributed by atoms with van der Waals surface area (Å²) >= 11 is 0. The molecule has 1 aromatic heterocycles. The van der Waals surface area contributed by atoms with Gasteiger partial charge in [-0.05, 0) is 36.8 Å². The van der Waals surface area contributed by atoms with E-state index in [1.165, 1.54) is 0 Å². The van der Waals surface area contributed by atoms with Crippen LogP contribution in [-0.2, 0) is 11.2 Å². The quantitative estimate of drug-likeness (QED) is 0.212. The zero-order valence-corrected chi connectivity index (χ0v) is 24.7. The Morgan fingerprint density at radius 2 is 2.14 bits per heavy atom. The summed E-state index contributed by atoms with van der Waals surface area (Å²) in [6.45, 7) is 18.3. The molecule has 35 heavy (non-hydrogen) atoms. The Labute approximate surface area is 253 Å². The van der Waals surface area contributed by atoms with Crippen molar-refractivity contribution in [1.82, 2.24) is 10.3 Å². The van der Waals surface area contributed by atoms with Crippen molar-refractivity contribution < 1.29 is 60.9 Å². The molecule has 1 N–H and O–H groups in total. The fraction of sp³-hybridized carbons (Fsp3) is 0.414.